The van der Waals surface area contributed by atoms with Crippen LogP contribution in [0.3, 0.4) is 0 Å². The molecule has 1 aromatic heterocycles. The van der Waals surface area contributed by atoms with E-state index in [1.807, 2.05) is 0 Å². The number of hydrogen-bond acceptors (Lipinski definition) is 3. The van der Waals surface area contributed by atoms with Crippen molar-refractivity contribution in [3.05, 3.63) is 65.5 Å². The van der Waals surface area contributed by atoms with E-state index >= 15 is 0 Å². The topological polar surface area (TPSA) is 50.9 Å². The van der Waals surface area contributed by atoms with Gasteiger partial charge in [0.2, 0.25) is 0 Å². The number of benzene rings is 1. The summed E-state index contributed by atoms with van der Waals surface area (Å²) >= 11 is 0. The third-order valence-electron chi connectivity index (χ3n) is 2.70. The van der Waals surface area contributed by atoms with Crippen LogP contribution >= 0.6 is 0 Å². The van der Waals surface area contributed by atoms with E-state index in [0.29, 0.717) is 11.3 Å². The van der Waals surface area contributed by atoms with E-state index in [4.69, 9.17) is 5.84 Å². The molecule has 1 aromatic carbocycles. The van der Waals surface area contributed by atoms with Crippen molar-refractivity contribution >= 4 is 0 Å². The Morgan fingerprint density at radius 2 is 1.89 bits per heavy atom. The Bertz CT molecular complexity index is 540. The Kier molecular flexibility index (Phi) is 3.82. The summed E-state index contributed by atoms with van der Waals surface area (Å²) in [4.78, 5) is 4.09. The van der Waals surface area contributed by atoms with Crippen LogP contribution in [0.1, 0.15) is 22.9 Å². The van der Waals surface area contributed by atoms with Gasteiger partial charge in [-0.25, -0.2) is 5.43 Å². The fourth-order valence-corrected chi connectivity index (χ4v) is 1.79. The number of nitrogens with one attached hydrogen (secondary N) is 1. The van der Waals surface area contributed by atoms with Gasteiger partial charge in [-0.3, -0.25) is 10.8 Å². The highest BCUT2D eigenvalue weighted by Gasteiger charge is 2.31. The van der Waals surface area contributed by atoms with Crippen molar-refractivity contribution in [2.24, 2.45) is 5.84 Å². The predicted molar refractivity (Wildman–Crippen MR) is 64.8 cm³/mol. The molecule has 3 nitrogen and oxygen atoms in total. The maximum Gasteiger partial charge on any atom is 0.416 e. The SMILES string of the molecule is NNC(c1cccc(C(F)(F)F)c1)c1ccccn1. The molecule has 1 atom stereocenters. The van der Waals surface area contributed by atoms with Crippen LogP contribution in [0.2, 0.25) is 0 Å². The summed E-state index contributed by atoms with van der Waals surface area (Å²) in [6, 6.07) is 9.62. The Hall–Kier alpha value is -1.92. The van der Waals surface area contributed by atoms with Gasteiger partial charge in [-0.05, 0) is 29.8 Å². The van der Waals surface area contributed by atoms with Crippen LogP contribution in [-0.4, -0.2) is 4.98 Å². The molecule has 1 unspecified atom stereocenters. The summed E-state index contributed by atoms with van der Waals surface area (Å²) in [5.41, 5.74) is 2.75. The van der Waals surface area contributed by atoms with Gasteiger partial charge in [0.1, 0.15) is 0 Å². The molecule has 6 heteroatoms. The van der Waals surface area contributed by atoms with Crippen LogP contribution in [0.15, 0.2) is 48.7 Å². The smallest absolute Gasteiger partial charge is 0.271 e. The van der Waals surface area contributed by atoms with Gasteiger partial charge in [0.05, 0.1) is 17.3 Å². The molecule has 0 spiro atoms. The molecule has 0 fully saturated rings. The summed E-state index contributed by atoms with van der Waals surface area (Å²) in [7, 11) is 0. The Morgan fingerprint density at radius 3 is 2.47 bits per heavy atom. The van der Waals surface area contributed by atoms with E-state index in [2.05, 4.69) is 10.4 Å². The zero-order valence-corrected chi connectivity index (χ0v) is 9.85. The lowest BCUT2D eigenvalue weighted by Crippen LogP contribution is -2.29. The molecule has 0 amide bonds. The highest BCUT2D eigenvalue weighted by atomic mass is 19.4. The maximum absolute atomic E-state index is 12.7. The van der Waals surface area contributed by atoms with Crippen molar-refractivity contribution in [3.63, 3.8) is 0 Å². The first kappa shape index (κ1) is 13.5. The lowest BCUT2D eigenvalue weighted by Gasteiger charge is -2.17. The van der Waals surface area contributed by atoms with Gasteiger partial charge in [-0.2, -0.15) is 13.2 Å². The number of nitrogens with two attached hydrogens (primary N) is 1. The number of pyridine rings is 1. The molecule has 0 aliphatic heterocycles. The largest absolute Gasteiger partial charge is 0.416 e. The second kappa shape index (κ2) is 5.38. The van der Waals surface area contributed by atoms with E-state index in [-0.39, 0.29) is 0 Å². The van der Waals surface area contributed by atoms with Crippen LogP contribution in [0.5, 0.6) is 0 Å². The van der Waals surface area contributed by atoms with Crippen LogP contribution in [0.25, 0.3) is 0 Å². The zero-order chi connectivity index (χ0) is 13.9. The molecule has 2 aromatic rings. The molecule has 0 saturated carbocycles. The highest BCUT2D eigenvalue weighted by molar-refractivity contribution is 5.32. The quantitative estimate of drug-likeness (QED) is 0.664. The van der Waals surface area contributed by atoms with Crippen molar-refractivity contribution in [1.29, 1.82) is 0 Å². The fourth-order valence-electron chi connectivity index (χ4n) is 1.79. The molecule has 3 N–H and O–H groups in total. The van der Waals surface area contributed by atoms with E-state index in [0.717, 1.165) is 12.1 Å². The van der Waals surface area contributed by atoms with Crippen LogP contribution < -0.4 is 11.3 Å². The zero-order valence-electron chi connectivity index (χ0n) is 9.85. The van der Waals surface area contributed by atoms with E-state index < -0.39 is 17.8 Å². The van der Waals surface area contributed by atoms with Crippen molar-refractivity contribution in [3.8, 4) is 0 Å². The summed E-state index contributed by atoms with van der Waals surface area (Å²) in [5.74, 6) is 5.42. The molecule has 0 aliphatic rings. The molecule has 19 heavy (non-hydrogen) atoms. The Labute approximate surface area is 108 Å². The standard InChI is InChI=1S/C13H12F3N3/c14-13(15,16)10-5-3-4-9(8-10)12(19-17)11-6-1-2-7-18-11/h1-8,12,19H,17H2. The number of hydrazine groups is 1. The van der Waals surface area contributed by atoms with E-state index in [1.54, 1.807) is 30.5 Å². The van der Waals surface area contributed by atoms with Gasteiger partial charge in [-0.15, -0.1) is 0 Å². The number of nitrogens with zero attached hydrogens (tertiary/aromatic N) is 1. The average Bonchev–Trinajstić information content (AvgIpc) is 2.40. The second-order valence-corrected chi connectivity index (χ2v) is 3.98. The normalized spacial score (nSPS) is 13.3. The van der Waals surface area contributed by atoms with Crippen LogP contribution in [0, 0.1) is 0 Å². The number of halogens is 3. The van der Waals surface area contributed by atoms with Gasteiger partial charge in [0, 0.05) is 6.20 Å². The molecular weight excluding hydrogens is 255 g/mol. The summed E-state index contributed by atoms with van der Waals surface area (Å²) in [5, 5.41) is 0. The first-order valence-corrected chi connectivity index (χ1v) is 5.56. The summed E-state index contributed by atoms with van der Waals surface area (Å²) in [6.45, 7) is 0. The minimum absolute atomic E-state index is 0.413. The second-order valence-electron chi connectivity index (χ2n) is 3.98. The summed E-state index contributed by atoms with van der Waals surface area (Å²) < 4.78 is 38.0. The lowest BCUT2D eigenvalue weighted by molar-refractivity contribution is -0.137. The van der Waals surface area contributed by atoms with Gasteiger partial charge in [0.15, 0.2) is 0 Å². The Morgan fingerprint density at radius 1 is 1.11 bits per heavy atom. The monoisotopic (exact) mass is 267 g/mol. The number of alkyl halides is 3. The maximum atomic E-state index is 12.7. The average molecular weight is 267 g/mol. The molecule has 2 rings (SSSR count). The van der Waals surface area contributed by atoms with Gasteiger partial charge >= 0.3 is 6.18 Å². The van der Waals surface area contributed by atoms with Gasteiger partial charge in [0.25, 0.3) is 0 Å². The highest BCUT2D eigenvalue weighted by Crippen LogP contribution is 2.31. The van der Waals surface area contributed by atoms with Crippen LogP contribution in [-0.2, 0) is 6.18 Å². The number of aromatic nitrogens is 1. The Balaban J connectivity index is 2.40. The molecule has 0 bridgehead atoms. The number of rotatable bonds is 3. The lowest BCUT2D eigenvalue weighted by atomic mass is 10.0. The molecule has 0 radical (unpaired) electrons. The third-order valence-corrected chi connectivity index (χ3v) is 2.70. The van der Waals surface area contributed by atoms with Gasteiger partial charge in [-0.1, -0.05) is 18.2 Å². The first-order valence-electron chi connectivity index (χ1n) is 5.56. The number of hydrogen-bond donors (Lipinski definition) is 2. The van der Waals surface area contributed by atoms with Crippen molar-refractivity contribution in [2.45, 2.75) is 12.2 Å². The van der Waals surface area contributed by atoms with Crippen molar-refractivity contribution in [2.75, 3.05) is 0 Å². The third kappa shape index (κ3) is 3.10. The van der Waals surface area contributed by atoms with E-state index in [1.165, 1.54) is 6.07 Å². The fraction of sp³-hybridized carbons (Fsp3) is 0.154. The van der Waals surface area contributed by atoms with Gasteiger partial charge < -0.3 is 0 Å². The van der Waals surface area contributed by atoms with Crippen molar-refractivity contribution in [1.82, 2.24) is 10.4 Å². The van der Waals surface area contributed by atoms with Crippen molar-refractivity contribution < 1.29 is 13.2 Å². The first-order chi connectivity index (χ1) is 9.02. The van der Waals surface area contributed by atoms with E-state index in [9.17, 15) is 13.2 Å². The molecular formula is C13H12F3N3. The minimum atomic E-state index is -4.38. The molecule has 0 aliphatic carbocycles. The molecule has 0 saturated heterocycles. The van der Waals surface area contributed by atoms with Crippen LogP contribution in [0.4, 0.5) is 13.2 Å². The minimum Gasteiger partial charge on any atom is -0.271 e. The predicted octanol–water partition coefficient (Wildman–Crippen LogP) is 2.65. The molecule has 1 heterocycles. The summed E-state index contributed by atoms with van der Waals surface area (Å²) in [6.07, 6.45) is -2.81. The molecule has 100 valence electrons.